The summed E-state index contributed by atoms with van der Waals surface area (Å²) in [5.41, 5.74) is 2.61. The van der Waals surface area contributed by atoms with E-state index in [4.69, 9.17) is 9.47 Å². The lowest BCUT2D eigenvalue weighted by Gasteiger charge is -2.29. The van der Waals surface area contributed by atoms with Gasteiger partial charge in [-0.15, -0.1) is 0 Å². The molecule has 2 nitrogen and oxygen atoms in total. The molecule has 1 aromatic rings. The summed E-state index contributed by atoms with van der Waals surface area (Å²) in [6, 6.07) is 8.63. The van der Waals surface area contributed by atoms with Crippen molar-refractivity contribution in [1.29, 1.82) is 0 Å². The lowest BCUT2D eigenvalue weighted by atomic mass is 10.2. The molecule has 1 aliphatic heterocycles. The first-order valence-electron chi connectivity index (χ1n) is 6.71. The van der Waals surface area contributed by atoms with Crippen LogP contribution >= 0.6 is 7.92 Å². The third-order valence-electron chi connectivity index (χ3n) is 3.20. The number of hydrogen-bond donors (Lipinski definition) is 0. The maximum Gasteiger partial charge on any atom is 0.184 e. The Morgan fingerprint density at radius 3 is 2.11 bits per heavy atom. The maximum absolute atomic E-state index is 5.68. The molecule has 2 rings (SSSR count). The van der Waals surface area contributed by atoms with Gasteiger partial charge in [0, 0.05) is 5.56 Å². The van der Waals surface area contributed by atoms with Crippen molar-refractivity contribution in [2.24, 2.45) is 0 Å². The number of rotatable bonds is 4. The van der Waals surface area contributed by atoms with Crippen molar-refractivity contribution in [3.8, 4) is 0 Å². The lowest BCUT2D eigenvalue weighted by Crippen LogP contribution is -2.21. The average Bonchev–Trinajstić information content (AvgIpc) is 2.82. The van der Waals surface area contributed by atoms with E-state index >= 15 is 0 Å². The largest absolute Gasteiger partial charge is 0.346 e. The van der Waals surface area contributed by atoms with Gasteiger partial charge in [-0.1, -0.05) is 59.9 Å². The molecule has 1 heterocycles. The Balaban J connectivity index is 2.36. The van der Waals surface area contributed by atoms with Crippen molar-refractivity contribution >= 4 is 13.2 Å². The SMILES string of the molecule is CC(C)P(c1ccccc1C1OCCO1)C(C)C. The standard InChI is InChI=1S/C15H23O2P/c1-11(2)18(12(3)4)14-8-6-5-7-13(14)15-16-9-10-17-15/h5-8,11-12,15H,9-10H2,1-4H3. The highest BCUT2D eigenvalue weighted by Crippen LogP contribution is 2.46. The van der Waals surface area contributed by atoms with E-state index in [0.717, 1.165) is 0 Å². The summed E-state index contributed by atoms with van der Waals surface area (Å²) in [6.45, 7) is 10.7. The van der Waals surface area contributed by atoms with Gasteiger partial charge < -0.3 is 9.47 Å². The first-order chi connectivity index (χ1) is 8.61. The first kappa shape index (κ1) is 14.0. The van der Waals surface area contributed by atoms with Gasteiger partial charge >= 0.3 is 0 Å². The van der Waals surface area contributed by atoms with E-state index in [0.29, 0.717) is 24.5 Å². The van der Waals surface area contributed by atoms with Crippen molar-refractivity contribution in [2.45, 2.75) is 45.3 Å². The van der Waals surface area contributed by atoms with E-state index in [1.165, 1.54) is 10.9 Å². The second kappa shape index (κ2) is 6.14. The van der Waals surface area contributed by atoms with Crippen molar-refractivity contribution < 1.29 is 9.47 Å². The van der Waals surface area contributed by atoms with E-state index in [1.54, 1.807) is 0 Å². The number of benzene rings is 1. The zero-order valence-electron chi connectivity index (χ0n) is 11.7. The van der Waals surface area contributed by atoms with Gasteiger partial charge in [-0.3, -0.25) is 0 Å². The van der Waals surface area contributed by atoms with E-state index in [9.17, 15) is 0 Å². The fourth-order valence-electron chi connectivity index (χ4n) is 2.61. The Hall–Kier alpha value is -0.430. The Labute approximate surface area is 111 Å². The molecule has 0 N–H and O–H groups in total. The molecule has 0 aliphatic carbocycles. The van der Waals surface area contributed by atoms with Gasteiger partial charge in [0.05, 0.1) is 13.2 Å². The average molecular weight is 266 g/mol. The number of ether oxygens (including phenoxy) is 2. The van der Waals surface area contributed by atoms with Gasteiger partial charge in [-0.25, -0.2) is 0 Å². The van der Waals surface area contributed by atoms with Crippen molar-refractivity contribution in [1.82, 2.24) is 0 Å². The van der Waals surface area contributed by atoms with Crippen LogP contribution in [0, 0.1) is 0 Å². The van der Waals surface area contributed by atoms with Gasteiger partial charge in [0.25, 0.3) is 0 Å². The fraction of sp³-hybridized carbons (Fsp3) is 0.600. The molecule has 0 spiro atoms. The molecule has 0 radical (unpaired) electrons. The molecule has 1 saturated heterocycles. The van der Waals surface area contributed by atoms with Crippen LogP contribution in [-0.4, -0.2) is 24.5 Å². The molecule has 0 amide bonds. The molecule has 3 heteroatoms. The third-order valence-corrected chi connectivity index (χ3v) is 6.39. The summed E-state index contributed by atoms with van der Waals surface area (Å²) in [6.07, 6.45) is -0.149. The molecular formula is C15H23O2P. The summed E-state index contributed by atoms with van der Waals surface area (Å²) < 4.78 is 11.4. The Bertz CT molecular complexity index is 376. The van der Waals surface area contributed by atoms with Crippen LogP contribution in [0.5, 0.6) is 0 Å². The highest BCUT2D eigenvalue weighted by atomic mass is 31.1. The second-order valence-electron chi connectivity index (χ2n) is 5.23. The zero-order chi connectivity index (χ0) is 13.1. The Morgan fingerprint density at radius 1 is 1.00 bits per heavy atom. The van der Waals surface area contributed by atoms with E-state index in [2.05, 4.69) is 52.0 Å². The van der Waals surface area contributed by atoms with Crippen LogP contribution in [0.25, 0.3) is 0 Å². The maximum atomic E-state index is 5.68. The zero-order valence-corrected chi connectivity index (χ0v) is 12.6. The van der Waals surface area contributed by atoms with Gasteiger partial charge in [0.1, 0.15) is 0 Å². The smallest absolute Gasteiger partial charge is 0.184 e. The molecule has 100 valence electrons. The van der Waals surface area contributed by atoms with Gasteiger partial charge in [-0.05, 0) is 16.6 Å². The first-order valence-corrected chi connectivity index (χ1v) is 8.19. The fourth-order valence-corrected chi connectivity index (χ4v) is 5.65. The van der Waals surface area contributed by atoms with Crippen LogP contribution in [0.3, 0.4) is 0 Å². The monoisotopic (exact) mass is 266 g/mol. The highest BCUT2D eigenvalue weighted by Gasteiger charge is 2.27. The van der Waals surface area contributed by atoms with E-state index in [-0.39, 0.29) is 14.2 Å². The van der Waals surface area contributed by atoms with Gasteiger partial charge in [0.2, 0.25) is 0 Å². The van der Waals surface area contributed by atoms with Crippen LogP contribution in [-0.2, 0) is 9.47 Å². The molecule has 18 heavy (non-hydrogen) atoms. The normalized spacial score (nSPS) is 17.3. The molecule has 0 atom stereocenters. The summed E-state index contributed by atoms with van der Waals surface area (Å²) >= 11 is 0. The quantitative estimate of drug-likeness (QED) is 0.774. The van der Waals surface area contributed by atoms with E-state index < -0.39 is 0 Å². The second-order valence-corrected chi connectivity index (χ2v) is 8.59. The Morgan fingerprint density at radius 2 is 1.56 bits per heavy atom. The molecule has 0 bridgehead atoms. The number of hydrogen-bond acceptors (Lipinski definition) is 2. The van der Waals surface area contributed by atoms with Gasteiger partial charge in [0.15, 0.2) is 6.29 Å². The molecule has 1 aliphatic rings. The van der Waals surface area contributed by atoms with Crippen LogP contribution < -0.4 is 5.30 Å². The minimum Gasteiger partial charge on any atom is -0.346 e. The van der Waals surface area contributed by atoms with Crippen LogP contribution in [0.1, 0.15) is 39.5 Å². The molecule has 0 saturated carbocycles. The van der Waals surface area contributed by atoms with Crippen molar-refractivity contribution in [3.05, 3.63) is 29.8 Å². The predicted octanol–water partition coefficient (Wildman–Crippen LogP) is 3.66. The minimum atomic E-state index is -0.171. The summed E-state index contributed by atoms with van der Waals surface area (Å²) in [5.74, 6) is 0. The molecular weight excluding hydrogens is 243 g/mol. The van der Waals surface area contributed by atoms with E-state index in [1.807, 2.05) is 0 Å². The summed E-state index contributed by atoms with van der Waals surface area (Å²) in [5, 5.41) is 1.45. The van der Waals surface area contributed by atoms with Crippen molar-refractivity contribution in [3.63, 3.8) is 0 Å². The predicted molar refractivity (Wildman–Crippen MR) is 77.9 cm³/mol. The van der Waals surface area contributed by atoms with Crippen molar-refractivity contribution in [2.75, 3.05) is 13.2 Å². The van der Waals surface area contributed by atoms with Gasteiger partial charge in [-0.2, -0.15) is 0 Å². The summed E-state index contributed by atoms with van der Waals surface area (Å²) in [4.78, 5) is 0. The topological polar surface area (TPSA) is 18.5 Å². The summed E-state index contributed by atoms with van der Waals surface area (Å²) in [7, 11) is -0.171. The molecule has 0 aromatic heterocycles. The highest BCUT2D eigenvalue weighted by molar-refractivity contribution is 7.67. The molecule has 1 aromatic carbocycles. The van der Waals surface area contributed by atoms with Crippen LogP contribution in [0.4, 0.5) is 0 Å². The van der Waals surface area contributed by atoms with Crippen LogP contribution in [0.2, 0.25) is 0 Å². The minimum absolute atomic E-state index is 0.149. The Kier molecular flexibility index (Phi) is 4.77. The van der Waals surface area contributed by atoms with Crippen LogP contribution in [0.15, 0.2) is 24.3 Å². The molecule has 1 fully saturated rings. The molecule has 0 unspecified atom stereocenters. The third kappa shape index (κ3) is 2.93. The lowest BCUT2D eigenvalue weighted by molar-refractivity contribution is -0.0433.